The summed E-state index contributed by atoms with van der Waals surface area (Å²) >= 11 is 1.44. The molecule has 4 nitrogen and oxygen atoms in total. The molecule has 0 unspecified atom stereocenters. The molecule has 1 fully saturated rings. The Kier molecular flexibility index (Phi) is 5.91. The van der Waals surface area contributed by atoms with Crippen LogP contribution in [-0.4, -0.2) is 20.5 Å². The highest BCUT2D eigenvalue weighted by Gasteiger charge is 2.33. The molecule has 0 spiro atoms. The Morgan fingerprint density at radius 2 is 1.50 bits per heavy atom. The highest BCUT2D eigenvalue weighted by Crippen LogP contribution is 2.36. The number of aryl methyl sites for hydroxylation is 1. The largest absolute Gasteiger partial charge is 0.341 e. The lowest BCUT2D eigenvalue weighted by Gasteiger charge is -2.15. The molecule has 1 aliphatic rings. The Labute approximate surface area is 214 Å². The van der Waals surface area contributed by atoms with Crippen molar-refractivity contribution >= 4 is 56.4 Å². The summed E-state index contributed by atoms with van der Waals surface area (Å²) in [6, 6.07) is 34.8. The number of aliphatic imine (C=N–C) groups is 1. The first-order chi connectivity index (χ1) is 17.7. The van der Waals surface area contributed by atoms with Crippen molar-refractivity contribution in [1.29, 1.82) is 0 Å². The Hall–Kier alpha value is -4.09. The van der Waals surface area contributed by atoms with Gasteiger partial charge in [-0.15, -0.1) is 0 Å². The van der Waals surface area contributed by atoms with Crippen molar-refractivity contribution in [2.75, 3.05) is 0 Å². The Balaban J connectivity index is 1.41. The molecular weight excluding hydrogens is 462 g/mol. The molecule has 0 saturated carbocycles. The first kappa shape index (κ1) is 22.4. The number of aromatic nitrogens is 1. The van der Waals surface area contributed by atoms with Crippen LogP contribution in [0, 0.1) is 0 Å². The summed E-state index contributed by atoms with van der Waals surface area (Å²) in [4.78, 5) is 20.9. The summed E-state index contributed by atoms with van der Waals surface area (Å²) in [6.07, 6.45) is 2.00. The smallest absolute Gasteiger partial charge is 0.267 e. The van der Waals surface area contributed by atoms with E-state index in [9.17, 15) is 4.79 Å². The van der Waals surface area contributed by atoms with Crippen molar-refractivity contribution < 1.29 is 4.79 Å². The number of fused-ring (bicyclic) bond motifs is 3. The molecule has 1 amide bonds. The third-order valence-corrected chi connectivity index (χ3v) is 7.47. The highest BCUT2D eigenvalue weighted by atomic mass is 32.2. The number of benzene rings is 4. The number of thioether (sulfide) groups is 1. The van der Waals surface area contributed by atoms with Gasteiger partial charge in [-0.2, -0.15) is 0 Å². The van der Waals surface area contributed by atoms with Crippen LogP contribution in [0.3, 0.4) is 0 Å². The minimum absolute atomic E-state index is 0.0189. The molecule has 0 N–H and O–H groups in total. The number of hydrogen-bond donors (Lipinski definition) is 0. The molecule has 0 radical (unpaired) electrons. The summed E-state index contributed by atoms with van der Waals surface area (Å²) in [5, 5.41) is 3.14. The second kappa shape index (κ2) is 9.51. The van der Waals surface area contributed by atoms with Crippen LogP contribution < -0.4 is 0 Å². The average Bonchev–Trinajstić information content (AvgIpc) is 3.39. The highest BCUT2D eigenvalue weighted by molar-refractivity contribution is 8.18. The van der Waals surface area contributed by atoms with E-state index in [1.54, 1.807) is 4.90 Å². The number of para-hydroxylation sites is 2. The SMILES string of the molecule is CCn1c2ccccc2c2cc(C=C3SC(=Nc4ccccc4)N(Cc4ccccc4)C3=O)ccc21. The first-order valence-corrected chi connectivity index (χ1v) is 12.9. The number of amides is 1. The molecule has 6 rings (SSSR count). The normalized spacial score (nSPS) is 16.1. The lowest BCUT2D eigenvalue weighted by Crippen LogP contribution is -2.28. The van der Waals surface area contributed by atoms with Crippen molar-refractivity contribution in [1.82, 2.24) is 9.47 Å². The zero-order valence-electron chi connectivity index (χ0n) is 20.0. The van der Waals surface area contributed by atoms with Gasteiger partial charge in [0.25, 0.3) is 5.91 Å². The molecule has 176 valence electrons. The quantitative estimate of drug-likeness (QED) is 0.239. The van der Waals surface area contributed by atoms with Gasteiger partial charge in [0.05, 0.1) is 17.1 Å². The van der Waals surface area contributed by atoms with Gasteiger partial charge in [0.1, 0.15) is 0 Å². The molecule has 1 saturated heterocycles. The molecule has 1 aliphatic heterocycles. The van der Waals surface area contributed by atoms with Gasteiger partial charge in [-0.25, -0.2) is 4.99 Å². The molecule has 4 aromatic carbocycles. The molecule has 0 atom stereocenters. The van der Waals surface area contributed by atoms with Crippen molar-refractivity contribution in [2.24, 2.45) is 4.99 Å². The predicted octanol–water partition coefficient (Wildman–Crippen LogP) is 7.62. The second-order valence-corrected chi connectivity index (χ2v) is 9.76. The van der Waals surface area contributed by atoms with Crippen molar-refractivity contribution in [3.8, 4) is 0 Å². The molecule has 5 aromatic rings. The number of rotatable bonds is 5. The van der Waals surface area contributed by atoms with Crippen molar-refractivity contribution in [2.45, 2.75) is 20.0 Å². The third-order valence-electron chi connectivity index (χ3n) is 6.46. The summed E-state index contributed by atoms with van der Waals surface area (Å²) in [5.41, 5.74) is 5.36. The minimum atomic E-state index is -0.0189. The van der Waals surface area contributed by atoms with Gasteiger partial charge in [-0.3, -0.25) is 9.69 Å². The summed E-state index contributed by atoms with van der Waals surface area (Å²) in [6.45, 7) is 3.57. The van der Waals surface area contributed by atoms with Crippen LogP contribution in [0.4, 0.5) is 5.69 Å². The molecule has 1 aromatic heterocycles. The van der Waals surface area contributed by atoms with Gasteiger partial charge in [0, 0.05) is 28.4 Å². The number of carbonyl (C=O) groups excluding carboxylic acids is 1. The van der Waals surface area contributed by atoms with Gasteiger partial charge < -0.3 is 4.57 Å². The van der Waals surface area contributed by atoms with Gasteiger partial charge in [-0.1, -0.05) is 72.8 Å². The summed E-state index contributed by atoms with van der Waals surface area (Å²) in [7, 11) is 0. The zero-order valence-corrected chi connectivity index (χ0v) is 20.8. The number of carbonyl (C=O) groups is 1. The van der Waals surface area contributed by atoms with Crippen LogP contribution in [0.1, 0.15) is 18.1 Å². The lowest BCUT2D eigenvalue weighted by atomic mass is 10.1. The predicted molar refractivity (Wildman–Crippen MR) is 151 cm³/mol. The monoisotopic (exact) mass is 487 g/mol. The first-order valence-electron chi connectivity index (χ1n) is 12.1. The van der Waals surface area contributed by atoms with Crippen LogP contribution in [0.25, 0.3) is 27.9 Å². The van der Waals surface area contributed by atoms with Crippen LogP contribution >= 0.6 is 11.8 Å². The molecule has 5 heteroatoms. The summed E-state index contributed by atoms with van der Waals surface area (Å²) in [5.74, 6) is -0.0189. The van der Waals surface area contributed by atoms with E-state index in [2.05, 4.69) is 54.0 Å². The van der Waals surface area contributed by atoms with Crippen LogP contribution in [0.15, 0.2) is 113 Å². The van der Waals surface area contributed by atoms with E-state index < -0.39 is 0 Å². The van der Waals surface area contributed by atoms with Gasteiger partial charge in [0.15, 0.2) is 5.17 Å². The third kappa shape index (κ3) is 4.12. The number of hydrogen-bond acceptors (Lipinski definition) is 3. The van der Waals surface area contributed by atoms with E-state index in [0.717, 1.165) is 23.4 Å². The molecule has 36 heavy (non-hydrogen) atoms. The molecule has 0 aliphatic carbocycles. The van der Waals surface area contributed by atoms with Crippen LogP contribution in [-0.2, 0) is 17.9 Å². The maximum atomic E-state index is 13.6. The van der Waals surface area contributed by atoms with Crippen molar-refractivity contribution in [3.05, 3.63) is 119 Å². The fourth-order valence-corrected chi connectivity index (χ4v) is 5.76. The van der Waals surface area contributed by atoms with Crippen LogP contribution in [0.5, 0.6) is 0 Å². The van der Waals surface area contributed by atoms with E-state index in [1.165, 1.54) is 33.6 Å². The van der Waals surface area contributed by atoms with Gasteiger partial charge >= 0.3 is 0 Å². The molecule has 2 heterocycles. The van der Waals surface area contributed by atoms with Gasteiger partial charge in [-0.05, 0) is 66.2 Å². The maximum Gasteiger partial charge on any atom is 0.267 e. The Morgan fingerprint density at radius 1 is 0.806 bits per heavy atom. The maximum absolute atomic E-state index is 13.6. The molecular formula is C31H25N3OS. The standard InChI is InChI=1S/C31H25N3OS/c1-2-33-27-16-10-9-15-25(27)26-19-23(17-18-28(26)33)20-29-30(35)34(21-22-11-5-3-6-12-22)31(36-29)32-24-13-7-4-8-14-24/h3-20H,2,21H2,1H3. The fraction of sp³-hybridized carbons (Fsp3) is 0.0968. The number of nitrogens with zero attached hydrogens (tertiary/aromatic N) is 3. The average molecular weight is 488 g/mol. The van der Waals surface area contributed by atoms with Crippen molar-refractivity contribution in [3.63, 3.8) is 0 Å². The lowest BCUT2D eigenvalue weighted by molar-refractivity contribution is -0.122. The van der Waals surface area contributed by atoms with Gasteiger partial charge in [0.2, 0.25) is 0 Å². The number of amidine groups is 1. The Morgan fingerprint density at radius 3 is 2.28 bits per heavy atom. The zero-order chi connectivity index (χ0) is 24.5. The second-order valence-electron chi connectivity index (χ2n) is 8.76. The topological polar surface area (TPSA) is 37.6 Å². The van der Waals surface area contributed by atoms with E-state index >= 15 is 0 Å². The fourth-order valence-electron chi connectivity index (χ4n) is 4.76. The minimum Gasteiger partial charge on any atom is -0.341 e. The van der Waals surface area contributed by atoms with E-state index in [-0.39, 0.29) is 5.91 Å². The van der Waals surface area contributed by atoms with Crippen LogP contribution in [0.2, 0.25) is 0 Å². The Bertz CT molecular complexity index is 1630. The van der Waals surface area contributed by atoms with E-state index in [0.29, 0.717) is 16.6 Å². The summed E-state index contributed by atoms with van der Waals surface area (Å²) < 4.78 is 2.34. The van der Waals surface area contributed by atoms with E-state index in [1.807, 2.05) is 66.7 Å². The van der Waals surface area contributed by atoms with E-state index in [4.69, 9.17) is 4.99 Å². The molecule has 0 bridgehead atoms.